The smallest absolute Gasteiger partial charge is 0.268 e. The van der Waals surface area contributed by atoms with E-state index in [9.17, 15) is 13.5 Å². The summed E-state index contributed by atoms with van der Waals surface area (Å²) in [5.74, 6) is 0.347. The zero-order valence-electron chi connectivity index (χ0n) is 13.1. The van der Waals surface area contributed by atoms with E-state index in [2.05, 4.69) is 13.8 Å². The van der Waals surface area contributed by atoms with Gasteiger partial charge in [0.2, 0.25) is 0 Å². The van der Waals surface area contributed by atoms with Crippen molar-refractivity contribution in [2.24, 2.45) is 0 Å². The van der Waals surface area contributed by atoms with Crippen molar-refractivity contribution in [3.63, 3.8) is 0 Å². The third kappa shape index (κ3) is 2.66. The molecule has 120 valence electrons. The highest BCUT2D eigenvalue weighted by molar-refractivity contribution is 7.90. The Bertz CT molecular complexity index is 938. The molecule has 0 aliphatic carbocycles. The molecule has 0 radical (unpaired) electrons. The first-order chi connectivity index (χ1) is 10.9. The van der Waals surface area contributed by atoms with Gasteiger partial charge in [-0.1, -0.05) is 44.2 Å². The quantitative estimate of drug-likeness (QED) is 0.797. The number of aromatic nitrogens is 1. The van der Waals surface area contributed by atoms with Crippen LogP contribution in [0.1, 0.15) is 30.9 Å². The van der Waals surface area contributed by atoms with Gasteiger partial charge >= 0.3 is 0 Å². The van der Waals surface area contributed by atoms with E-state index in [4.69, 9.17) is 0 Å². The van der Waals surface area contributed by atoms with Gasteiger partial charge in [-0.05, 0) is 29.7 Å². The Kier molecular flexibility index (Phi) is 4.00. The van der Waals surface area contributed by atoms with Crippen molar-refractivity contribution in [3.05, 3.63) is 65.9 Å². The highest BCUT2D eigenvalue weighted by Crippen LogP contribution is 2.26. The van der Waals surface area contributed by atoms with Gasteiger partial charge in [-0.25, -0.2) is 12.4 Å². The van der Waals surface area contributed by atoms with Crippen LogP contribution in [-0.4, -0.2) is 17.5 Å². The minimum absolute atomic E-state index is 0.199. The van der Waals surface area contributed by atoms with Crippen LogP contribution in [0.2, 0.25) is 0 Å². The molecule has 0 fully saturated rings. The number of fused-ring (bicyclic) bond motifs is 1. The average molecular weight is 329 g/mol. The third-order valence-corrected chi connectivity index (χ3v) is 5.72. The summed E-state index contributed by atoms with van der Waals surface area (Å²) in [6, 6.07) is 14.1. The van der Waals surface area contributed by atoms with Crippen molar-refractivity contribution in [2.45, 2.75) is 31.3 Å². The van der Waals surface area contributed by atoms with Gasteiger partial charge in [-0.3, -0.25) is 0 Å². The van der Waals surface area contributed by atoms with E-state index in [-0.39, 0.29) is 11.5 Å². The van der Waals surface area contributed by atoms with Crippen LogP contribution in [0.15, 0.2) is 59.6 Å². The van der Waals surface area contributed by atoms with E-state index in [1.165, 1.54) is 10.2 Å². The van der Waals surface area contributed by atoms with Gasteiger partial charge in [0, 0.05) is 17.1 Å². The summed E-state index contributed by atoms with van der Waals surface area (Å²) in [5.41, 5.74) is 2.27. The van der Waals surface area contributed by atoms with E-state index in [1.807, 2.05) is 24.3 Å². The van der Waals surface area contributed by atoms with E-state index in [0.717, 1.165) is 10.9 Å². The van der Waals surface area contributed by atoms with Crippen LogP contribution < -0.4 is 0 Å². The monoisotopic (exact) mass is 329 g/mol. The van der Waals surface area contributed by atoms with Crippen LogP contribution in [-0.2, 0) is 16.6 Å². The molecule has 5 heteroatoms. The van der Waals surface area contributed by atoms with Gasteiger partial charge in [0.1, 0.15) is 0 Å². The number of aliphatic hydroxyl groups excluding tert-OH is 1. The minimum Gasteiger partial charge on any atom is -0.392 e. The molecule has 0 bridgehead atoms. The fourth-order valence-corrected chi connectivity index (χ4v) is 4.07. The van der Waals surface area contributed by atoms with Crippen molar-refractivity contribution < 1.29 is 13.5 Å². The van der Waals surface area contributed by atoms with Crippen LogP contribution >= 0.6 is 0 Å². The molecule has 1 heterocycles. The second-order valence-corrected chi connectivity index (χ2v) is 7.67. The fraction of sp³-hybridized carbons (Fsp3) is 0.222. The van der Waals surface area contributed by atoms with Gasteiger partial charge in [0.15, 0.2) is 0 Å². The first-order valence-corrected chi connectivity index (χ1v) is 8.94. The molecule has 1 N–H and O–H groups in total. The van der Waals surface area contributed by atoms with Crippen LogP contribution in [0.3, 0.4) is 0 Å². The molecular formula is C18H19NO3S. The second-order valence-electron chi connectivity index (χ2n) is 5.85. The van der Waals surface area contributed by atoms with E-state index in [1.54, 1.807) is 24.3 Å². The van der Waals surface area contributed by atoms with Crippen molar-refractivity contribution in [3.8, 4) is 0 Å². The first kappa shape index (κ1) is 15.8. The summed E-state index contributed by atoms with van der Waals surface area (Å²) in [6.45, 7) is 3.93. The van der Waals surface area contributed by atoms with Gasteiger partial charge in [0.05, 0.1) is 17.0 Å². The lowest BCUT2D eigenvalue weighted by Crippen LogP contribution is -2.12. The Labute approximate surface area is 136 Å². The van der Waals surface area contributed by atoms with E-state index < -0.39 is 10.0 Å². The number of nitrogens with zero attached hydrogens (tertiary/aromatic N) is 1. The summed E-state index contributed by atoms with van der Waals surface area (Å²) in [4.78, 5) is 0.243. The van der Waals surface area contributed by atoms with E-state index in [0.29, 0.717) is 17.0 Å². The van der Waals surface area contributed by atoms with E-state index >= 15 is 0 Å². The van der Waals surface area contributed by atoms with Crippen LogP contribution in [0, 0.1) is 0 Å². The zero-order chi connectivity index (χ0) is 16.6. The van der Waals surface area contributed by atoms with Gasteiger partial charge in [-0.2, -0.15) is 0 Å². The summed E-state index contributed by atoms with van der Waals surface area (Å²) >= 11 is 0. The molecule has 0 aliphatic heterocycles. The second kappa shape index (κ2) is 5.83. The van der Waals surface area contributed by atoms with Gasteiger partial charge in [0.25, 0.3) is 10.0 Å². The Morgan fingerprint density at radius 1 is 1.04 bits per heavy atom. The summed E-state index contributed by atoms with van der Waals surface area (Å²) in [5, 5.41) is 10.2. The molecule has 23 heavy (non-hydrogen) atoms. The first-order valence-electron chi connectivity index (χ1n) is 7.50. The van der Waals surface area contributed by atoms with Crippen molar-refractivity contribution >= 4 is 20.9 Å². The Morgan fingerprint density at radius 2 is 1.70 bits per heavy atom. The van der Waals surface area contributed by atoms with Crippen LogP contribution in [0.25, 0.3) is 10.9 Å². The van der Waals surface area contributed by atoms with Crippen molar-refractivity contribution in [1.29, 1.82) is 0 Å². The topological polar surface area (TPSA) is 59.3 Å². The zero-order valence-corrected chi connectivity index (χ0v) is 13.9. The lowest BCUT2D eigenvalue weighted by Gasteiger charge is -2.10. The van der Waals surface area contributed by atoms with Crippen LogP contribution in [0.4, 0.5) is 0 Å². The molecule has 4 nitrogen and oxygen atoms in total. The Balaban J connectivity index is 2.17. The SMILES string of the molecule is CC(C)c1ccc(S(=O)(=O)n2cc(CO)c3ccccc32)cc1. The predicted octanol–water partition coefficient (Wildman–Crippen LogP) is 3.49. The Morgan fingerprint density at radius 3 is 2.30 bits per heavy atom. The van der Waals surface area contributed by atoms with Crippen molar-refractivity contribution in [1.82, 2.24) is 3.97 Å². The van der Waals surface area contributed by atoms with Gasteiger partial charge < -0.3 is 5.11 Å². The molecule has 2 aromatic carbocycles. The number of benzene rings is 2. The van der Waals surface area contributed by atoms with Gasteiger partial charge in [-0.15, -0.1) is 0 Å². The van der Waals surface area contributed by atoms with Crippen LogP contribution in [0.5, 0.6) is 0 Å². The maximum Gasteiger partial charge on any atom is 0.268 e. The highest BCUT2D eigenvalue weighted by atomic mass is 32.2. The molecule has 0 unspecified atom stereocenters. The predicted molar refractivity (Wildman–Crippen MR) is 91.0 cm³/mol. The minimum atomic E-state index is -3.69. The molecule has 1 aromatic heterocycles. The Hall–Kier alpha value is -2.11. The third-order valence-electron chi connectivity index (χ3n) is 4.03. The number of rotatable bonds is 4. The number of aliphatic hydroxyl groups is 1. The maximum absolute atomic E-state index is 12.9. The average Bonchev–Trinajstić information content (AvgIpc) is 2.94. The molecule has 3 aromatic rings. The molecule has 0 aliphatic rings. The molecule has 3 rings (SSSR count). The molecular weight excluding hydrogens is 310 g/mol. The number of hydrogen-bond donors (Lipinski definition) is 1. The summed E-state index contributed by atoms with van der Waals surface area (Å²) in [6.07, 6.45) is 1.50. The molecule has 0 saturated carbocycles. The standard InChI is InChI=1S/C18H19NO3S/c1-13(2)14-7-9-16(10-8-14)23(21,22)19-11-15(12-20)17-5-3-4-6-18(17)19/h3-11,13,20H,12H2,1-2H3. The molecule has 0 saturated heterocycles. The fourth-order valence-electron chi connectivity index (χ4n) is 2.68. The highest BCUT2D eigenvalue weighted by Gasteiger charge is 2.21. The lowest BCUT2D eigenvalue weighted by molar-refractivity contribution is 0.283. The number of hydrogen-bond acceptors (Lipinski definition) is 3. The maximum atomic E-state index is 12.9. The van der Waals surface area contributed by atoms with Crippen molar-refractivity contribution in [2.75, 3.05) is 0 Å². The summed E-state index contributed by atoms with van der Waals surface area (Å²) < 4.78 is 27.1. The molecule has 0 amide bonds. The largest absolute Gasteiger partial charge is 0.392 e. The number of para-hydroxylation sites is 1. The molecule has 0 spiro atoms. The molecule has 0 atom stereocenters. The summed E-state index contributed by atoms with van der Waals surface area (Å²) in [7, 11) is -3.69. The lowest BCUT2D eigenvalue weighted by atomic mass is 10.0. The normalized spacial score (nSPS) is 12.2.